The van der Waals surface area contributed by atoms with Crippen molar-refractivity contribution >= 4 is 11.6 Å². The Kier molecular flexibility index (Phi) is 5.77. The van der Waals surface area contributed by atoms with E-state index in [-0.39, 0.29) is 23.8 Å². The van der Waals surface area contributed by atoms with Crippen molar-refractivity contribution in [2.75, 3.05) is 0 Å². The van der Waals surface area contributed by atoms with Crippen LogP contribution in [-0.2, 0) is 6.61 Å². The number of fused-ring (bicyclic) bond motifs is 1. The topological polar surface area (TPSA) is 76.7 Å². The second kappa shape index (κ2) is 9.02. The lowest BCUT2D eigenvalue weighted by Crippen LogP contribution is -2.13. The maximum Gasteiger partial charge on any atom is 0.341 e. The third kappa shape index (κ3) is 4.18. The molecule has 1 saturated carbocycles. The second-order valence-corrected chi connectivity index (χ2v) is 8.41. The van der Waals surface area contributed by atoms with E-state index in [1.807, 2.05) is 36.4 Å². The predicted octanol–water partition coefficient (Wildman–Crippen LogP) is 5.86. The Morgan fingerprint density at radius 2 is 1.88 bits per heavy atom. The number of aromatic carboxylic acids is 1. The van der Waals surface area contributed by atoms with Gasteiger partial charge in [0.1, 0.15) is 12.2 Å². The maximum absolute atomic E-state index is 15.0. The molecule has 4 aromatic rings. The summed E-state index contributed by atoms with van der Waals surface area (Å²) in [4.78, 5) is 16.0. The summed E-state index contributed by atoms with van der Waals surface area (Å²) >= 11 is 0. The lowest BCUT2D eigenvalue weighted by Gasteiger charge is -2.25. The van der Waals surface area contributed by atoms with Crippen LogP contribution in [0.15, 0.2) is 60.9 Å². The number of rotatable bonds is 6. The minimum absolute atomic E-state index is 0.0643. The average Bonchev–Trinajstić information content (AvgIpc) is 3.28. The first-order valence-corrected chi connectivity index (χ1v) is 11.2. The molecule has 33 heavy (non-hydrogen) atoms. The molecule has 6 nitrogen and oxygen atoms in total. The molecule has 0 amide bonds. The van der Waals surface area contributed by atoms with Crippen molar-refractivity contribution in [1.29, 1.82) is 0 Å². The largest absolute Gasteiger partial charge is 0.486 e. The van der Waals surface area contributed by atoms with Gasteiger partial charge in [0.15, 0.2) is 17.2 Å². The van der Waals surface area contributed by atoms with Gasteiger partial charge >= 0.3 is 5.97 Å². The number of benzene rings is 2. The van der Waals surface area contributed by atoms with Gasteiger partial charge in [0, 0.05) is 17.7 Å². The smallest absolute Gasteiger partial charge is 0.341 e. The van der Waals surface area contributed by atoms with Crippen LogP contribution in [0.3, 0.4) is 0 Å². The van der Waals surface area contributed by atoms with Crippen LogP contribution in [-0.4, -0.2) is 25.7 Å². The molecule has 2 heterocycles. The van der Waals surface area contributed by atoms with Gasteiger partial charge in [-0.25, -0.2) is 18.7 Å². The number of halogens is 1. The summed E-state index contributed by atoms with van der Waals surface area (Å²) in [5, 5.41) is 13.9. The van der Waals surface area contributed by atoms with E-state index in [9.17, 15) is 14.3 Å². The predicted molar refractivity (Wildman–Crippen MR) is 122 cm³/mol. The standard InChI is InChI=1S/C26H24FN3O3/c27-22-13-19(11-12-23(22)33-16-17-7-3-1-4-8-17)20-14-28-25-21(26(31)32)15-29-30(25)24(20)18-9-5-2-6-10-18/h1,3-4,7-8,11-15,18H,2,5-6,9-10,16H2,(H,31,32). The first-order valence-electron chi connectivity index (χ1n) is 11.2. The third-order valence-corrected chi connectivity index (χ3v) is 6.27. The molecule has 0 atom stereocenters. The highest BCUT2D eigenvalue weighted by molar-refractivity contribution is 5.94. The normalized spacial score (nSPS) is 14.5. The molecule has 1 N–H and O–H groups in total. The minimum Gasteiger partial charge on any atom is -0.486 e. The lowest BCUT2D eigenvalue weighted by molar-refractivity contribution is 0.0698. The van der Waals surface area contributed by atoms with Gasteiger partial charge < -0.3 is 9.84 Å². The lowest BCUT2D eigenvalue weighted by atomic mass is 9.84. The molecule has 0 bridgehead atoms. The number of carbonyl (C=O) groups is 1. The van der Waals surface area contributed by atoms with Crippen LogP contribution in [0, 0.1) is 5.82 Å². The van der Waals surface area contributed by atoms with Crippen molar-refractivity contribution in [3.8, 4) is 16.9 Å². The molecule has 0 spiro atoms. The maximum atomic E-state index is 15.0. The second-order valence-electron chi connectivity index (χ2n) is 8.41. The highest BCUT2D eigenvalue weighted by Gasteiger charge is 2.25. The summed E-state index contributed by atoms with van der Waals surface area (Å²) in [6.45, 7) is 0.281. The van der Waals surface area contributed by atoms with Crippen molar-refractivity contribution < 1.29 is 19.0 Å². The summed E-state index contributed by atoms with van der Waals surface area (Å²) in [5.74, 6) is -1.13. The minimum atomic E-state index is -1.06. The molecule has 1 aliphatic carbocycles. The van der Waals surface area contributed by atoms with Crippen LogP contribution in [0.25, 0.3) is 16.8 Å². The van der Waals surface area contributed by atoms with Gasteiger partial charge in [-0.3, -0.25) is 0 Å². The molecule has 5 rings (SSSR count). The Morgan fingerprint density at radius 1 is 1.09 bits per heavy atom. The van der Waals surface area contributed by atoms with E-state index in [1.54, 1.807) is 16.8 Å². The number of hydrogen-bond donors (Lipinski definition) is 1. The van der Waals surface area contributed by atoms with Crippen LogP contribution < -0.4 is 4.74 Å². The number of nitrogens with zero attached hydrogens (tertiary/aromatic N) is 3. The molecule has 0 unspecified atom stereocenters. The van der Waals surface area contributed by atoms with Gasteiger partial charge in [-0.05, 0) is 36.1 Å². The Morgan fingerprint density at radius 3 is 2.61 bits per heavy atom. The van der Waals surface area contributed by atoms with Gasteiger partial charge in [-0.2, -0.15) is 5.10 Å². The van der Waals surface area contributed by atoms with E-state index in [4.69, 9.17) is 4.74 Å². The molecule has 1 fully saturated rings. The van der Waals surface area contributed by atoms with Crippen molar-refractivity contribution in [3.63, 3.8) is 0 Å². The quantitative estimate of drug-likeness (QED) is 0.402. The van der Waals surface area contributed by atoms with Crippen molar-refractivity contribution in [2.45, 2.75) is 44.6 Å². The third-order valence-electron chi connectivity index (χ3n) is 6.27. The van der Waals surface area contributed by atoms with E-state index >= 15 is 0 Å². The van der Waals surface area contributed by atoms with E-state index in [1.165, 1.54) is 18.7 Å². The highest BCUT2D eigenvalue weighted by atomic mass is 19.1. The van der Waals surface area contributed by atoms with Crippen LogP contribution in [0.5, 0.6) is 5.75 Å². The SMILES string of the molecule is O=C(O)c1cnn2c(C3CCCCC3)c(-c3ccc(OCc4ccccc4)c(F)c3)cnc12. The van der Waals surface area contributed by atoms with Gasteiger partial charge in [0.25, 0.3) is 0 Å². The Labute approximate surface area is 190 Å². The fourth-order valence-corrected chi connectivity index (χ4v) is 4.61. The molecule has 1 aliphatic rings. The summed E-state index contributed by atoms with van der Waals surface area (Å²) in [6.07, 6.45) is 8.32. The van der Waals surface area contributed by atoms with Gasteiger partial charge in [-0.15, -0.1) is 0 Å². The molecule has 0 radical (unpaired) electrons. The van der Waals surface area contributed by atoms with Crippen molar-refractivity contribution in [1.82, 2.24) is 14.6 Å². The zero-order chi connectivity index (χ0) is 22.8. The average molecular weight is 445 g/mol. The van der Waals surface area contributed by atoms with Crippen LogP contribution >= 0.6 is 0 Å². The Hall–Kier alpha value is -3.74. The first-order chi connectivity index (χ1) is 16.1. The highest BCUT2D eigenvalue weighted by Crippen LogP contribution is 2.39. The number of ether oxygens (including phenoxy) is 1. The molecular weight excluding hydrogens is 421 g/mol. The van der Waals surface area contributed by atoms with Crippen LogP contribution in [0.2, 0.25) is 0 Å². The molecule has 2 aromatic carbocycles. The van der Waals surface area contributed by atoms with Crippen molar-refractivity contribution in [2.24, 2.45) is 0 Å². The summed E-state index contributed by atoms with van der Waals surface area (Å²) in [6, 6.07) is 14.5. The van der Waals surface area contributed by atoms with Gasteiger partial charge in [0.2, 0.25) is 0 Å². The monoisotopic (exact) mass is 445 g/mol. The fourth-order valence-electron chi connectivity index (χ4n) is 4.61. The Balaban J connectivity index is 1.53. The van der Waals surface area contributed by atoms with Crippen molar-refractivity contribution in [3.05, 3.63) is 83.6 Å². The molecule has 168 valence electrons. The summed E-state index contributed by atoms with van der Waals surface area (Å²) in [7, 11) is 0. The molecule has 0 saturated heterocycles. The van der Waals surface area contributed by atoms with E-state index in [0.717, 1.165) is 42.5 Å². The number of aromatic nitrogens is 3. The van der Waals surface area contributed by atoms with Gasteiger partial charge in [-0.1, -0.05) is 55.7 Å². The molecule has 7 heteroatoms. The zero-order valence-electron chi connectivity index (χ0n) is 18.1. The van der Waals surface area contributed by atoms with E-state index < -0.39 is 11.8 Å². The fraction of sp³-hybridized carbons (Fsp3) is 0.269. The molecular formula is C26H24FN3O3. The number of carboxylic acid groups (broad SMARTS) is 1. The number of carboxylic acids is 1. The Bertz CT molecular complexity index is 1300. The zero-order valence-corrected chi connectivity index (χ0v) is 18.1. The van der Waals surface area contributed by atoms with E-state index in [2.05, 4.69) is 10.1 Å². The molecule has 0 aliphatic heterocycles. The molecule has 2 aromatic heterocycles. The van der Waals surface area contributed by atoms with Crippen LogP contribution in [0.1, 0.15) is 59.6 Å². The van der Waals surface area contributed by atoms with Gasteiger partial charge in [0.05, 0.1) is 11.9 Å². The van der Waals surface area contributed by atoms with E-state index in [0.29, 0.717) is 11.2 Å². The summed E-state index contributed by atoms with van der Waals surface area (Å²) in [5.41, 5.74) is 3.67. The van der Waals surface area contributed by atoms with Crippen LogP contribution in [0.4, 0.5) is 4.39 Å². The summed E-state index contributed by atoms with van der Waals surface area (Å²) < 4.78 is 22.3. The first kappa shape index (κ1) is 21.1. The number of hydrogen-bond acceptors (Lipinski definition) is 4.